The number of rotatable bonds is 7. The van der Waals surface area contributed by atoms with Crippen molar-refractivity contribution in [1.29, 1.82) is 0 Å². The molecular weight excluding hydrogens is 310 g/mol. The Morgan fingerprint density at radius 2 is 2.21 bits per heavy atom. The van der Waals surface area contributed by atoms with Gasteiger partial charge in [-0.15, -0.1) is 11.3 Å². The van der Waals surface area contributed by atoms with Crippen LogP contribution in [0.5, 0.6) is 0 Å². The molecule has 0 spiro atoms. The summed E-state index contributed by atoms with van der Waals surface area (Å²) in [4.78, 5) is 10.9. The van der Waals surface area contributed by atoms with Crippen molar-refractivity contribution in [2.24, 2.45) is 0 Å². The predicted octanol–water partition coefficient (Wildman–Crippen LogP) is 2.41. The van der Waals surface area contributed by atoms with Gasteiger partial charge in [-0.1, -0.05) is 18.5 Å². The number of thiophene rings is 1. The van der Waals surface area contributed by atoms with Gasteiger partial charge in [0.2, 0.25) is 10.0 Å². The van der Waals surface area contributed by atoms with Crippen LogP contribution >= 0.6 is 22.9 Å². The molecule has 1 aromatic heterocycles. The lowest BCUT2D eigenvalue weighted by Gasteiger charge is -2.13. The lowest BCUT2D eigenvalue weighted by Crippen LogP contribution is -2.33. The van der Waals surface area contributed by atoms with E-state index in [0.717, 1.165) is 11.3 Å². The molecule has 19 heavy (non-hydrogen) atoms. The van der Waals surface area contributed by atoms with Crippen LogP contribution in [0.25, 0.3) is 0 Å². The maximum atomic E-state index is 11.9. The third kappa shape index (κ3) is 5.48. The van der Waals surface area contributed by atoms with Crippen molar-refractivity contribution in [3.63, 3.8) is 0 Å². The highest BCUT2D eigenvalue weighted by Gasteiger charge is 2.19. The molecule has 0 aromatic carbocycles. The van der Waals surface area contributed by atoms with Crippen LogP contribution in [0.3, 0.4) is 0 Å². The molecule has 5 nitrogen and oxygen atoms in total. The first-order chi connectivity index (χ1) is 8.85. The van der Waals surface area contributed by atoms with Crippen molar-refractivity contribution < 1.29 is 17.9 Å². The maximum absolute atomic E-state index is 11.9. The summed E-state index contributed by atoms with van der Waals surface area (Å²) in [5.74, 6) is -0.292. The van der Waals surface area contributed by atoms with Crippen LogP contribution in [0.15, 0.2) is 16.3 Å². The van der Waals surface area contributed by atoms with Gasteiger partial charge in [-0.2, -0.15) is 0 Å². The lowest BCUT2D eigenvalue weighted by molar-refractivity contribution is -0.143. The first-order valence-corrected chi connectivity index (χ1v) is 8.46. The van der Waals surface area contributed by atoms with Gasteiger partial charge in [0, 0.05) is 12.5 Å². The minimum atomic E-state index is -3.55. The number of esters is 1. The molecule has 0 amide bonds. The summed E-state index contributed by atoms with van der Waals surface area (Å²) in [5.41, 5.74) is 0. The number of hydrogen-bond donors (Lipinski definition) is 1. The van der Waals surface area contributed by atoms with E-state index in [1.165, 1.54) is 12.1 Å². The second-order valence-electron chi connectivity index (χ2n) is 3.94. The van der Waals surface area contributed by atoms with Gasteiger partial charge in [0.15, 0.2) is 0 Å². The maximum Gasteiger partial charge on any atom is 0.305 e. The number of carbonyl (C=O) groups is 1. The zero-order valence-electron chi connectivity index (χ0n) is 10.7. The van der Waals surface area contributed by atoms with E-state index in [2.05, 4.69) is 4.72 Å². The number of nitrogens with one attached hydrogen (secondary N) is 1. The van der Waals surface area contributed by atoms with Gasteiger partial charge in [-0.05, 0) is 25.5 Å². The van der Waals surface area contributed by atoms with Gasteiger partial charge in [0.05, 0.1) is 10.9 Å². The third-order valence-electron chi connectivity index (χ3n) is 2.27. The molecule has 0 bridgehead atoms. The number of hydrogen-bond acceptors (Lipinski definition) is 5. The van der Waals surface area contributed by atoms with E-state index < -0.39 is 10.0 Å². The van der Waals surface area contributed by atoms with Gasteiger partial charge in [0.1, 0.15) is 4.21 Å². The summed E-state index contributed by atoms with van der Waals surface area (Å²) in [6.45, 7) is 3.61. The van der Waals surface area contributed by atoms with E-state index in [-0.39, 0.29) is 22.8 Å². The average Bonchev–Trinajstić information content (AvgIpc) is 2.75. The Hall–Kier alpha value is -0.630. The molecular formula is C11H16ClNO4S2. The summed E-state index contributed by atoms with van der Waals surface area (Å²) in [5, 5.41) is 0. The van der Waals surface area contributed by atoms with Crippen LogP contribution < -0.4 is 4.72 Å². The standard InChI is InChI=1S/C11H16ClNO4S2/c1-3-10(14)17-7-6-8(2)13-19(15,16)11-5-4-9(12)18-11/h4-5,8,13H,3,6-7H2,1-2H3. The number of carbonyl (C=O) groups excluding carboxylic acids is 1. The van der Waals surface area contributed by atoms with Crippen LogP contribution in [0, 0.1) is 0 Å². The van der Waals surface area contributed by atoms with Gasteiger partial charge >= 0.3 is 5.97 Å². The Labute approximate surface area is 122 Å². The molecule has 1 heterocycles. The minimum absolute atomic E-state index is 0.176. The second kappa shape index (κ2) is 7.23. The molecule has 1 unspecified atom stereocenters. The fourth-order valence-electron chi connectivity index (χ4n) is 1.28. The van der Waals surface area contributed by atoms with E-state index in [9.17, 15) is 13.2 Å². The van der Waals surface area contributed by atoms with Crippen LogP contribution in [0.2, 0.25) is 4.34 Å². The quantitative estimate of drug-likeness (QED) is 0.781. The van der Waals surface area contributed by atoms with Crippen molar-refractivity contribution in [3.05, 3.63) is 16.5 Å². The molecule has 1 rings (SSSR count). The van der Waals surface area contributed by atoms with Gasteiger partial charge < -0.3 is 4.74 Å². The Balaban J connectivity index is 2.47. The zero-order chi connectivity index (χ0) is 14.5. The molecule has 0 saturated heterocycles. The Morgan fingerprint density at radius 1 is 1.53 bits per heavy atom. The van der Waals surface area contributed by atoms with Crippen molar-refractivity contribution in [2.75, 3.05) is 6.61 Å². The summed E-state index contributed by atoms with van der Waals surface area (Å²) < 4.78 is 31.9. The summed E-state index contributed by atoms with van der Waals surface area (Å²) in [7, 11) is -3.55. The van der Waals surface area contributed by atoms with Crippen LogP contribution in [-0.2, 0) is 19.6 Å². The molecule has 0 aliphatic heterocycles. The van der Waals surface area contributed by atoms with Crippen molar-refractivity contribution in [2.45, 2.75) is 36.9 Å². The topological polar surface area (TPSA) is 72.5 Å². The Kier molecular flexibility index (Phi) is 6.25. The largest absolute Gasteiger partial charge is 0.466 e. The van der Waals surface area contributed by atoms with E-state index in [1.807, 2.05) is 0 Å². The Bertz CT molecular complexity index is 527. The van der Waals surface area contributed by atoms with E-state index in [0.29, 0.717) is 17.2 Å². The number of sulfonamides is 1. The summed E-state index contributed by atoms with van der Waals surface area (Å²) in [6, 6.07) is 2.67. The van der Waals surface area contributed by atoms with Gasteiger partial charge in [-0.3, -0.25) is 4.79 Å². The van der Waals surface area contributed by atoms with Crippen molar-refractivity contribution in [3.8, 4) is 0 Å². The molecule has 8 heteroatoms. The van der Waals surface area contributed by atoms with E-state index in [4.69, 9.17) is 16.3 Å². The summed E-state index contributed by atoms with van der Waals surface area (Å²) >= 11 is 6.70. The normalized spacial score (nSPS) is 13.2. The highest BCUT2D eigenvalue weighted by molar-refractivity contribution is 7.91. The molecule has 108 valence electrons. The highest BCUT2D eigenvalue weighted by Crippen LogP contribution is 2.25. The molecule has 1 aromatic rings. The summed E-state index contributed by atoms with van der Waals surface area (Å²) in [6.07, 6.45) is 0.734. The third-order valence-corrected chi connectivity index (χ3v) is 5.58. The van der Waals surface area contributed by atoms with Crippen LogP contribution in [-0.4, -0.2) is 27.0 Å². The minimum Gasteiger partial charge on any atom is -0.466 e. The fourth-order valence-corrected chi connectivity index (χ4v) is 4.05. The molecule has 0 aliphatic carbocycles. The van der Waals surface area contributed by atoms with Gasteiger partial charge in [-0.25, -0.2) is 13.1 Å². The predicted molar refractivity (Wildman–Crippen MR) is 75.0 cm³/mol. The first-order valence-electron chi connectivity index (χ1n) is 5.78. The average molecular weight is 326 g/mol. The Morgan fingerprint density at radius 3 is 2.74 bits per heavy atom. The SMILES string of the molecule is CCC(=O)OCCC(C)NS(=O)(=O)c1ccc(Cl)s1. The molecule has 0 radical (unpaired) electrons. The van der Waals surface area contributed by atoms with E-state index >= 15 is 0 Å². The second-order valence-corrected chi connectivity index (χ2v) is 7.60. The van der Waals surface area contributed by atoms with Crippen molar-refractivity contribution >= 4 is 38.9 Å². The van der Waals surface area contributed by atoms with E-state index in [1.54, 1.807) is 13.8 Å². The van der Waals surface area contributed by atoms with Crippen LogP contribution in [0.1, 0.15) is 26.7 Å². The highest BCUT2D eigenvalue weighted by atomic mass is 35.5. The monoisotopic (exact) mass is 325 g/mol. The zero-order valence-corrected chi connectivity index (χ0v) is 13.1. The molecule has 0 saturated carbocycles. The lowest BCUT2D eigenvalue weighted by atomic mass is 10.3. The number of ether oxygens (including phenoxy) is 1. The smallest absolute Gasteiger partial charge is 0.305 e. The number of halogens is 1. The molecule has 0 aliphatic rings. The molecule has 1 N–H and O–H groups in total. The molecule has 1 atom stereocenters. The van der Waals surface area contributed by atoms with Crippen LogP contribution in [0.4, 0.5) is 0 Å². The molecule has 0 fully saturated rings. The fraction of sp³-hybridized carbons (Fsp3) is 0.545. The van der Waals surface area contributed by atoms with Crippen molar-refractivity contribution in [1.82, 2.24) is 4.72 Å². The van der Waals surface area contributed by atoms with Gasteiger partial charge in [0.25, 0.3) is 0 Å². The first kappa shape index (κ1) is 16.4.